The van der Waals surface area contributed by atoms with Gasteiger partial charge in [0.25, 0.3) is 11.8 Å². The minimum atomic E-state index is -4.84. The van der Waals surface area contributed by atoms with Crippen LogP contribution in [0, 0.1) is 11.8 Å². The Balaban J connectivity index is 2.02. The van der Waals surface area contributed by atoms with Crippen molar-refractivity contribution in [3.63, 3.8) is 0 Å². The van der Waals surface area contributed by atoms with E-state index in [1.54, 1.807) is 13.8 Å². The molecular weight excluding hydrogens is 773 g/mol. The van der Waals surface area contributed by atoms with Crippen LogP contribution in [0.5, 0.6) is 0 Å². The highest BCUT2D eigenvalue weighted by Crippen LogP contribution is 2.47. The van der Waals surface area contributed by atoms with Gasteiger partial charge in [-0.25, -0.2) is 14.2 Å². The van der Waals surface area contributed by atoms with E-state index in [-0.39, 0.29) is 51.3 Å². The van der Waals surface area contributed by atoms with Crippen LogP contribution in [0.15, 0.2) is 36.4 Å². The Hall–Kier alpha value is -5.21. The van der Waals surface area contributed by atoms with E-state index in [9.17, 15) is 52.9 Å². The normalized spacial score (nSPS) is 15.7. The van der Waals surface area contributed by atoms with Gasteiger partial charge in [-0.3, -0.25) is 42.7 Å². The maximum atomic E-state index is 13.4. The van der Waals surface area contributed by atoms with Crippen molar-refractivity contribution in [1.82, 2.24) is 26.2 Å². The number of rotatable bonds is 25. The number of primary amides is 1. The minimum absolute atomic E-state index is 0.00954. The number of nitrogens with two attached hydrogens (primary N) is 1. The van der Waals surface area contributed by atoms with Crippen LogP contribution in [0.2, 0.25) is 0 Å². The second kappa shape index (κ2) is 23.1. The summed E-state index contributed by atoms with van der Waals surface area (Å²) in [5, 5.41) is 22.1. The van der Waals surface area contributed by atoms with Gasteiger partial charge in [-0.2, -0.15) is 0 Å². The molecule has 1 aromatic carbocycles. The number of carboxylic acid groups (broad SMARTS) is 1. The molecule has 57 heavy (non-hydrogen) atoms. The number of imide groups is 1. The number of anilines is 1. The Morgan fingerprint density at radius 1 is 0.877 bits per heavy atom. The fraction of sp³-hybridized carbons (Fsp3) is 0.543. The summed E-state index contributed by atoms with van der Waals surface area (Å²) in [6.45, 7) is 7.18. The molecule has 2 rings (SSSR count). The number of carbonyl (C=O) groups is 8. The van der Waals surface area contributed by atoms with Gasteiger partial charge in [0.2, 0.25) is 23.6 Å². The van der Waals surface area contributed by atoms with E-state index in [0.29, 0.717) is 5.56 Å². The summed E-state index contributed by atoms with van der Waals surface area (Å²) >= 11 is 0. The third-order valence-electron chi connectivity index (χ3n) is 8.18. The average molecular weight is 826 g/mol. The second-order valence-corrected chi connectivity index (χ2v) is 15.0. The van der Waals surface area contributed by atoms with Gasteiger partial charge in [0.05, 0.1) is 26.4 Å². The highest BCUT2D eigenvalue weighted by atomic mass is 31.2. The molecule has 1 aromatic rings. The first kappa shape index (κ1) is 47.9. The Bertz CT molecular complexity index is 1670. The van der Waals surface area contributed by atoms with Crippen molar-refractivity contribution < 1.29 is 66.7 Å². The van der Waals surface area contributed by atoms with Gasteiger partial charge in [0, 0.05) is 37.7 Å². The fourth-order valence-electron chi connectivity index (χ4n) is 5.23. The summed E-state index contributed by atoms with van der Waals surface area (Å²) in [4.78, 5) is 109. The number of urea groups is 1. The van der Waals surface area contributed by atoms with Crippen LogP contribution >= 0.6 is 7.82 Å². The van der Waals surface area contributed by atoms with E-state index in [4.69, 9.17) is 19.5 Å². The highest BCUT2D eigenvalue weighted by Gasteiger charge is 2.38. The molecule has 5 atom stereocenters. The van der Waals surface area contributed by atoms with Gasteiger partial charge in [-0.1, -0.05) is 39.8 Å². The molecule has 9 N–H and O–H groups in total. The van der Waals surface area contributed by atoms with Gasteiger partial charge in [-0.15, -0.1) is 0 Å². The molecule has 0 bridgehead atoms. The molecule has 0 fully saturated rings. The molecule has 0 saturated carbocycles. The predicted molar refractivity (Wildman–Crippen MR) is 201 cm³/mol. The molecule has 0 saturated heterocycles. The number of ether oxygens (including phenoxy) is 1. The molecular formula is C35H52N7O14P. The predicted octanol–water partition coefficient (Wildman–Crippen LogP) is 0.278. The molecule has 8 amide bonds. The SMILES string of the molecule is CC(=O)N[C@H](C(=O)O)[C@H](OP(=O)(O)OCc1ccc(NC(=O)C(CCCNC(N)=O)NC(=O)C(NC(=O)CCOCCN2C(=O)C=CC2=O)C(C)C)cc1)C(C)C. The molecule has 0 aromatic heterocycles. The number of hydrogen-bond acceptors (Lipinski definition) is 12. The van der Waals surface area contributed by atoms with Gasteiger partial charge in [-0.05, 0) is 42.4 Å². The Morgan fingerprint density at radius 3 is 2.05 bits per heavy atom. The summed E-state index contributed by atoms with van der Waals surface area (Å²) in [6.07, 6.45) is 1.04. The van der Waals surface area contributed by atoms with Crippen molar-refractivity contribution in [3.8, 4) is 0 Å². The summed E-state index contributed by atoms with van der Waals surface area (Å²) in [5.41, 5.74) is 5.76. The molecule has 22 heteroatoms. The molecule has 1 heterocycles. The standard InChI is InChI=1S/C35H52N7O14P/c1-20(2)29(41-26(44)14-17-54-18-16-42-27(45)12-13-28(42)46)33(48)40-25(7-6-15-37-35(36)51)32(47)39-24-10-8-23(9-11-24)19-55-57(52,53)56-31(21(3)4)30(34(49)50)38-22(5)43/h8-13,20-21,25,29-31H,6-7,14-19H2,1-5H3,(H,38,43)(H,39,47)(H,40,48)(H,41,44)(H,49,50)(H,52,53)(H3,36,37,51)/t25?,29?,30-,31+/m0/s1. The maximum Gasteiger partial charge on any atom is 0.472 e. The number of carboxylic acids is 1. The van der Waals surface area contributed by atoms with E-state index in [0.717, 1.165) is 24.0 Å². The number of aliphatic carboxylic acids is 1. The van der Waals surface area contributed by atoms with Crippen molar-refractivity contribution in [3.05, 3.63) is 42.0 Å². The molecule has 0 aliphatic carbocycles. The molecule has 316 valence electrons. The van der Waals surface area contributed by atoms with Gasteiger partial charge in [0.15, 0.2) is 6.04 Å². The lowest BCUT2D eigenvalue weighted by Gasteiger charge is -2.28. The Labute approximate surface area is 329 Å². The van der Waals surface area contributed by atoms with E-state index in [1.807, 2.05) is 0 Å². The molecule has 3 unspecified atom stereocenters. The second-order valence-electron chi connectivity index (χ2n) is 13.6. The number of phosphoric acid groups is 1. The molecule has 1 aliphatic rings. The summed E-state index contributed by atoms with van der Waals surface area (Å²) in [6, 6.07) is 1.26. The smallest absolute Gasteiger partial charge is 0.472 e. The first-order valence-electron chi connectivity index (χ1n) is 18.0. The summed E-state index contributed by atoms with van der Waals surface area (Å²) in [5.74, 6) is -5.90. The van der Waals surface area contributed by atoms with Crippen LogP contribution in [0.1, 0.15) is 59.4 Å². The zero-order valence-electron chi connectivity index (χ0n) is 32.4. The third-order valence-corrected chi connectivity index (χ3v) is 9.15. The average Bonchev–Trinajstić information content (AvgIpc) is 3.44. The zero-order valence-corrected chi connectivity index (χ0v) is 33.2. The van der Waals surface area contributed by atoms with Gasteiger partial charge >= 0.3 is 19.8 Å². The summed E-state index contributed by atoms with van der Waals surface area (Å²) in [7, 11) is -4.84. The number of nitrogens with one attached hydrogen (secondary N) is 5. The number of nitrogens with zero attached hydrogens (tertiary/aromatic N) is 1. The Kier molecular flexibility index (Phi) is 19.4. The quantitative estimate of drug-likeness (QED) is 0.0373. The zero-order chi connectivity index (χ0) is 42.9. The molecule has 1 aliphatic heterocycles. The highest BCUT2D eigenvalue weighted by molar-refractivity contribution is 7.47. The van der Waals surface area contributed by atoms with Gasteiger partial charge in [0.1, 0.15) is 18.2 Å². The number of amides is 8. The maximum absolute atomic E-state index is 13.4. The third kappa shape index (κ3) is 17.2. The first-order chi connectivity index (χ1) is 26.7. The molecule has 0 spiro atoms. The van der Waals surface area contributed by atoms with Gasteiger partial charge < -0.3 is 47.1 Å². The number of hydrogen-bond donors (Lipinski definition) is 8. The van der Waals surface area contributed by atoms with E-state index in [1.165, 1.54) is 38.1 Å². The van der Waals surface area contributed by atoms with Crippen LogP contribution in [-0.4, -0.2) is 113 Å². The topological polar surface area (TPSA) is 311 Å². The number of benzene rings is 1. The lowest BCUT2D eigenvalue weighted by atomic mass is 10.00. The minimum Gasteiger partial charge on any atom is -0.480 e. The fourth-order valence-corrected chi connectivity index (χ4v) is 6.27. The Morgan fingerprint density at radius 2 is 1.51 bits per heavy atom. The number of phosphoric ester groups is 1. The van der Waals surface area contributed by atoms with E-state index >= 15 is 0 Å². The number of carbonyl (C=O) groups excluding carboxylic acids is 7. The van der Waals surface area contributed by atoms with Crippen LogP contribution in [0.25, 0.3) is 0 Å². The van der Waals surface area contributed by atoms with Crippen molar-refractivity contribution in [1.29, 1.82) is 0 Å². The van der Waals surface area contributed by atoms with Crippen LogP contribution in [-0.2, 0) is 58.5 Å². The van der Waals surface area contributed by atoms with Crippen LogP contribution < -0.4 is 32.3 Å². The van der Waals surface area contributed by atoms with Crippen molar-refractivity contribution >= 4 is 61.0 Å². The molecule has 21 nitrogen and oxygen atoms in total. The monoisotopic (exact) mass is 825 g/mol. The van der Waals surface area contributed by atoms with Crippen molar-refractivity contribution in [2.24, 2.45) is 17.6 Å². The van der Waals surface area contributed by atoms with E-state index < -0.39 is 97.9 Å². The first-order valence-corrected chi connectivity index (χ1v) is 19.5. The molecule has 0 radical (unpaired) electrons. The van der Waals surface area contributed by atoms with Crippen molar-refractivity contribution in [2.75, 3.05) is 31.6 Å². The van der Waals surface area contributed by atoms with Crippen LogP contribution in [0.4, 0.5) is 10.5 Å². The summed E-state index contributed by atoms with van der Waals surface area (Å²) < 4.78 is 28.4. The van der Waals surface area contributed by atoms with E-state index in [2.05, 4.69) is 26.6 Å². The van der Waals surface area contributed by atoms with Crippen LogP contribution in [0.3, 0.4) is 0 Å². The lowest BCUT2D eigenvalue weighted by Crippen LogP contribution is -2.54. The van der Waals surface area contributed by atoms with Crippen molar-refractivity contribution in [2.45, 2.75) is 84.7 Å². The lowest BCUT2D eigenvalue weighted by molar-refractivity contribution is -0.145. The largest absolute Gasteiger partial charge is 0.480 e.